The zero-order valence-corrected chi connectivity index (χ0v) is 9.83. The maximum absolute atomic E-state index is 11.2. The van der Waals surface area contributed by atoms with Crippen LogP contribution >= 0.6 is 0 Å². The van der Waals surface area contributed by atoms with E-state index in [0.29, 0.717) is 11.5 Å². The molecule has 0 aliphatic heterocycles. The lowest BCUT2D eigenvalue weighted by molar-refractivity contribution is 0.0698. The van der Waals surface area contributed by atoms with Crippen LogP contribution < -0.4 is 11.1 Å². The zero-order valence-electron chi connectivity index (χ0n) is 9.83. The third-order valence-electron chi connectivity index (χ3n) is 2.46. The van der Waals surface area contributed by atoms with Crippen molar-refractivity contribution in [3.63, 3.8) is 0 Å². The standard InChI is InChI=1S/C13H11N3O3/c14-12(17)8-4-5-10(9(7-8)13(18)19)16-11-3-1-2-6-15-11/h1-7H,(H2,14,17)(H,15,16)(H,18,19). The van der Waals surface area contributed by atoms with Crippen LogP contribution in [0.5, 0.6) is 0 Å². The third kappa shape index (κ3) is 2.86. The van der Waals surface area contributed by atoms with E-state index in [1.807, 2.05) is 0 Å². The van der Waals surface area contributed by atoms with Gasteiger partial charge in [0.25, 0.3) is 0 Å². The van der Waals surface area contributed by atoms with E-state index in [2.05, 4.69) is 10.3 Å². The zero-order chi connectivity index (χ0) is 13.8. The fourth-order valence-electron chi connectivity index (χ4n) is 1.56. The summed E-state index contributed by atoms with van der Waals surface area (Å²) in [5.74, 6) is -1.31. The molecule has 2 aromatic rings. The van der Waals surface area contributed by atoms with Crippen molar-refractivity contribution in [2.75, 3.05) is 5.32 Å². The Kier molecular flexibility index (Phi) is 3.42. The largest absolute Gasteiger partial charge is 0.478 e. The number of carbonyl (C=O) groups is 2. The molecule has 0 saturated heterocycles. The minimum atomic E-state index is -1.15. The van der Waals surface area contributed by atoms with E-state index < -0.39 is 11.9 Å². The minimum absolute atomic E-state index is 0.0399. The van der Waals surface area contributed by atoms with Crippen LogP contribution in [0.1, 0.15) is 20.7 Å². The summed E-state index contributed by atoms with van der Waals surface area (Å²) in [5, 5.41) is 12.0. The Labute approximate surface area is 108 Å². The van der Waals surface area contributed by atoms with Crippen LogP contribution in [0.2, 0.25) is 0 Å². The molecular formula is C13H11N3O3. The van der Waals surface area contributed by atoms with Gasteiger partial charge in [-0.25, -0.2) is 9.78 Å². The fraction of sp³-hybridized carbons (Fsp3) is 0. The second-order valence-electron chi connectivity index (χ2n) is 3.77. The second kappa shape index (κ2) is 5.18. The summed E-state index contributed by atoms with van der Waals surface area (Å²) in [6.45, 7) is 0. The second-order valence-corrected chi connectivity index (χ2v) is 3.77. The highest BCUT2D eigenvalue weighted by molar-refractivity contribution is 6.00. The Morgan fingerprint density at radius 2 is 2.00 bits per heavy atom. The van der Waals surface area contributed by atoms with Crippen LogP contribution in [0.25, 0.3) is 0 Å². The molecule has 1 heterocycles. The normalized spacial score (nSPS) is 9.89. The highest BCUT2D eigenvalue weighted by Gasteiger charge is 2.13. The van der Waals surface area contributed by atoms with E-state index in [0.717, 1.165) is 0 Å². The van der Waals surface area contributed by atoms with E-state index >= 15 is 0 Å². The molecule has 0 atom stereocenters. The summed E-state index contributed by atoms with van der Waals surface area (Å²) in [4.78, 5) is 26.3. The Morgan fingerprint density at radius 1 is 1.21 bits per heavy atom. The van der Waals surface area contributed by atoms with Crippen LogP contribution in [0.4, 0.5) is 11.5 Å². The first-order valence-corrected chi connectivity index (χ1v) is 5.43. The average molecular weight is 257 g/mol. The first-order chi connectivity index (χ1) is 9.08. The molecule has 1 aromatic heterocycles. The highest BCUT2D eigenvalue weighted by Crippen LogP contribution is 2.21. The van der Waals surface area contributed by atoms with Crippen molar-refractivity contribution in [1.82, 2.24) is 4.98 Å². The number of aromatic carboxylic acids is 1. The summed E-state index contributed by atoms with van der Waals surface area (Å²) in [6.07, 6.45) is 1.58. The molecular weight excluding hydrogens is 246 g/mol. The van der Waals surface area contributed by atoms with Gasteiger partial charge in [0, 0.05) is 11.8 Å². The van der Waals surface area contributed by atoms with Crippen LogP contribution in [-0.2, 0) is 0 Å². The third-order valence-corrected chi connectivity index (χ3v) is 2.46. The molecule has 6 heteroatoms. The number of nitrogens with two attached hydrogens (primary N) is 1. The molecule has 4 N–H and O–H groups in total. The van der Waals surface area contributed by atoms with Gasteiger partial charge in [0.2, 0.25) is 5.91 Å². The summed E-state index contributed by atoms with van der Waals surface area (Å²) in [5.41, 5.74) is 5.57. The number of aromatic nitrogens is 1. The molecule has 0 unspecified atom stereocenters. The van der Waals surface area contributed by atoms with Gasteiger partial charge in [0.15, 0.2) is 0 Å². The molecule has 0 saturated carbocycles. The van der Waals surface area contributed by atoms with Crippen LogP contribution in [0, 0.1) is 0 Å². The average Bonchev–Trinajstić information content (AvgIpc) is 2.39. The number of carboxylic acid groups (broad SMARTS) is 1. The molecule has 6 nitrogen and oxygen atoms in total. The molecule has 0 radical (unpaired) electrons. The van der Waals surface area contributed by atoms with Gasteiger partial charge in [-0.1, -0.05) is 6.07 Å². The quantitative estimate of drug-likeness (QED) is 0.771. The number of carbonyl (C=O) groups excluding carboxylic acids is 1. The van der Waals surface area contributed by atoms with Crippen molar-refractivity contribution in [3.05, 3.63) is 53.7 Å². The number of hydrogen-bond acceptors (Lipinski definition) is 4. The number of rotatable bonds is 4. The van der Waals surface area contributed by atoms with Crippen molar-refractivity contribution in [1.29, 1.82) is 0 Å². The summed E-state index contributed by atoms with van der Waals surface area (Å²) < 4.78 is 0. The van der Waals surface area contributed by atoms with E-state index in [9.17, 15) is 9.59 Å². The first-order valence-electron chi connectivity index (χ1n) is 5.43. The van der Waals surface area contributed by atoms with Crippen molar-refractivity contribution in [3.8, 4) is 0 Å². The maximum atomic E-state index is 11.2. The van der Waals surface area contributed by atoms with Gasteiger partial charge in [-0.3, -0.25) is 4.79 Å². The van der Waals surface area contributed by atoms with E-state index in [4.69, 9.17) is 10.8 Å². The van der Waals surface area contributed by atoms with Crippen molar-refractivity contribution in [2.24, 2.45) is 5.73 Å². The molecule has 0 fully saturated rings. The molecule has 0 bridgehead atoms. The number of benzene rings is 1. The number of nitrogens with zero attached hydrogens (tertiary/aromatic N) is 1. The predicted octanol–water partition coefficient (Wildman–Crippen LogP) is 1.62. The Hall–Kier alpha value is -2.89. The predicted molar refractivity (Wildman–Crippen MR) is 69.4 cm³/mol. The van der Waals surface area contributed by atoms with Gasteiger partial charge in [-0.05, 0) is 30.3 Å². The van der Waals surface area contributed by atoms with Crippen molar-refractivity contribution >= 4 is 23.4 Å². The molecule has 0 aliphatic carbocycles. The van der Waals surface area contributed by atoms with Gasteiger partial charge in [0.1, 0.15) is 5.82 Å². The van der Waals surface area contributed by atoms with Crippen molar-refractivity contribution < 1.29 is 14.7 Å². The van der Waals surface area contributed by atoms with Gasteiger partial charge < -0.3 is 16.2 Å². The van der Waals surface area contributed by atoms with Gasteiger partial charge in [-0.2, -0.15) is 0 Å². The molecule has 0 spiro atoms. The number of pyridine rings is 1. The molecule has 1 aromatic carbocycles. The van der Waals surface area contributed by atoms with Gasteiger partial charge in [0.05, 0.1) is 11.3 Å². The van der Waals surface area contributed by atoms with Gasteiger partial charge >= 0.3 is 5.97 Å². The molecule has 96 valence electrons. The minimum Gasteiger partial charge on any atom is -0.478 e. The number of nitrogens with one attached hydrogen (secondary N) is 1. The smallest absolute Gasteiger partial charge is 0.337 e. The Bertz CT molecular complexity index is 626. The fourth-order valence-corrected chi connectivity index (χ4v) is 1.56. The Morgan fingerprint density at radius 3 is 2.58 bits per heavy atom. The number of carboxylic acids is 1. The summed E-state index contributed by atoms with van der Waals surface area (Å²) >= 11 is 0. The maximum Gasteiger partial charge on any atom is 0.337 e. The Balaban J connectivity index is 2.40. The number of primary amides is 1. The molecule has 19 heavy (non-hydrogen) atoms. The van der Waals surface area contributed by atoms with E-state index in [1.54, 1.807) is 24.4 Å². The molecule has 0 aliphatic rings. The molecule has 2 rings (SSSR count). The van der Waals surface area contributed by atoms with E-state index in [1.165, 1.54) is 18.2 Å². The topological polar surface area (TPSA) is 105 Å². The number of hydrogen-bond donors (Lipinski definition) is 3. The SMILES string of the molecule is NC(=O)c1ccc(Nc2ccccn2)c(C(=O)O)c1. The summed E-state index contributed by atoms with van der Waals surface area (Å²) in [6, 6.07) is 9.40. The molecule has 1 amide bonds. The van der Waals surface area contributed by atoms with Gasteiger partial charge in [-0.15, -0.1) is 0 Å². The lowest BCUT2D eigenvalue weighted by Gasteiger charge is -2.09. The van der Waals surface area contributed by atoms with E-state index in [-0.39, 0.29) is 11.1 Å². The van der Waals surface area contributed by atoms with Crippen LogP contribution in [0.3, 0.4) is 0 Å². The number of amides is 1. The lowest BCUT2D eigenvalue weighted by Crippen LogP contribution is -2.13. The monoisotopic (exact) mass is 257 g/mol. The van der Waals surface area contributed by atoms with Crippen LogP contribution in [-0.4, -0.2) is 22.0 Å². The van der Waals surface area contributed by atoms with Crippen LogP contribution in [0.15, 0.2) is 42.6 Å². The lowest BCUT2D eigenvalue weighted by atomic mass is 10.1. The summed E-state index contributed by atoms with van der Waals surface area (Å²) in [7, 11) is 0. The van der Waals surface area contributed by atoms with Crippen molar-refractivity contribution in [2.45, 2.75) is 0 Å². The first kappa shape index (κ1) is 12.6. The highest BCUT2D eigenvalue weighted by atomic mass is 16.4. The number of anilines is 2.